The van der Waals surface area contributed by atoms with Gasteiger partial charge < -0.3 is 10.2 Å². The molecule has 0 aliphatic heterocycles. The Labute approximate surface area is 150 Å². The number of hydrogen-bond acceptors (Lipinski definition) is 4. The van der Waals surface area contributed by atoms with Gasteiger partial charge in [-0.2, -0.15) is 0 Å². The molecule has 2 N–H and O–H groups in total. The fraction of sp³-hybridized carbons (Fsp3) is 0.905. The van der Waals surface area contributed by atoms with Crippen LogP contribution in [-0.4, -0.2) is 34.5 Å². The molecule has 0 heterocycles. The molecule has 4 aliphatic carbocycles. The number of aliphatic hydroxyl groups is 2. The van der Waals surface area contributed by atoms with Crippen LogP contribution >= 0.6 is 0 Å². The van der Waals surface area contributed by atoms with Crippen LogP contribution in [-0.2, 0) is 9.59 Å². The SMILES string of the molecule is CC12CC(=O)C3C(CCC4C[C@H](O)CCC43C)C1CCC2C(=O)CO. The molecule has 0 aromatic rings. The highest BCUT2D eigenvalue weighted by Gasteiger charge is 2.63. The lowest BCUT2D eigenvalue weighted by atomic mass is 9.44. The first-order chi connectivity index (χ1) is 11.8. The number of carbonyl (C=O) groups is 2. The number of carbonyl (C=O) groups excluding carboxylic acids is 2. The van der Waals surface area contributed by atoms with E-state index in [4.69, 9.17) is 0 Å². The predicted octanol–water partition coefficient (Wildman–Crippen LogP) is 2.75. The van der Waals surface area contributed by atoms with Gasteiger partial charge in [0, 0.05) is 18.3 Å². The molecule has 4 heteroatoms. The number of aliphatic hydroxyl groups excluding tert-OH is 2. The minimum atomic E-state index is -0.396. The van der Waals surface area contributed by atoms with E-state index in [1.165, 1.54) is 0 Å². The zero-order chi connectivity index (χ0) is 18.0. The Hall–Kier alpha value is -0.740. The summed E-state index contributed by atoms with van der Waals surface area (Å²) < 4.78 is 0. The van der Waals surface area contributed by atoms with Crippen LogP contribution in [0.4, 0.5) is 0 Å². The highest BCUT2D eigenvalue weighted by molar-refractivity contribution is 5.88. The lowest BCUT2D eigenvalue weighted by Gasteiger charge is -2.59. The lowest BCUT2D eigenvalue weighted by Crippen LogP contribution is -2.58. The van der Waals surface area contributed by atoms with Crippen molar-refractivity contribution in [1.29, 1.82) is 0 Å². The van der Waals surface area contributed by atoms with Gasteiger partial charge in [0.1, 0.15) is 12.4 Å². The highest BCUT2D eigenvalue weighted by atomic mass is 16.3. The van der Waals surface area contributed by atoms with E-state index in [9.17, 15) is 19.8 Å². The second kappa shape index (κ2) is 5.88. The summed E-state index contributed by atoms with van der Waals surface area (Å²) in [5.41, 5.74) is -0.227. The zero-order valence-electron chi connectivity index (χ0n) is 15.5. The number of ketones is 2. The van der Waals surface area contributed by atoms with Crippen LogP contribution in [0.25, 0.3) is 0 Å². The highest BCUT2D eigenvalue weighted by Crippen LogP contribution is 2.66. The summed E-state index contributed by atoms with van der Waals surface area (Å²) in [4.78, 5) is 25.6. The van der Waals surface area contributed by atoms with Crippen molar-refractivity contribution in [3.63, 3.8) is 0 Å². The van der Waals surface area contributed by atoms with Gasteiger partial charge in [0.2, 0.25) is 0 Å². The molecule has 0 bridgehead atoms. The molecule has 7 unspecified atom stereocenters. The van der Waals surface area contributed by atoms with Gasteiger partial charge in [0.05, 0.1) is 6.10 Å². The fourth-order valence-corrected chi connectivity index (χ4v) is 7.69. The molecule has 4 nitrogen and oxygen atoms in total. The number of Topliss-reactive ketones (excluding diaryl/α,β-unsaturated/α-hetero) is 2. The Morgan fingerprint density at radius 1 is 1.12 bits per heavy atom. The van der Waals surface area contributed by atoms with E-state index in [-0.39, 0.29) is 34.6 Å². The summed E-state index contributed by atoms with van der Waals surface area (Å²) in [6.45, 7) is 4.04. The summed E-state index contributed by atoms with van der Waals surface area (Å²) in [7, 11) is 0. The van der Waals surface area contributed by atoms with Crippen molar-refractivity contribution in [3.8, 4) is 0 Å². The van der Waals surface area contributed by atoms with Gasteiger partial charge in [-0.25, -0.2) is 0 Å². The van der Waals surface area contributed by atoms with Gasteiger partial charge in [-0.1, -0.05) is 13.8 Å². The van der Waals surface area contributed by atoms with Crippen LogP contribution in [0.2, 0.25) is 0 Å². The smallest absolute Gasteiger partial charge is 0.161 e. The van der Waals surface area contributed by atoms with Crippen LogP contribution in [0.5, 0.6) is 0 Å². The Bertz CT molecular complexity index is 586. The van der Waals surface area contributed by atoms with Gasteiger partial charge in [0.25, 0.3) is 0 Å². The van der Waals surface area contributed by atoms with Crippen LogP contribution in [0.3, 0.4) is 0 Å². The molecule has 0 saturated heterocycles. The van der Waals surface area contributed by atoms with Crippen molar-refractivity contribution in [1.82, 2.24) is 0 Å². The van der Waals surface area contributed by atoms with E-state index in [0.717, 1.165) is 44.9 Å². The first kappa shape index (κ1) is 17.7. The molecule has 8 atom stereocenters. The van der Waals surface area contributed by atoms with Crippen molar-refractivity contribution in [2.24, 2.45) is 40.4 Å². The Balaban J connectivity index is 1.66. The maximum atomic E-state index is 13.3. The molecule has 0 spiro atoms. The summed E-state index contributed by atoms with van der Waals surface area (Å²) in [5, 5.41) is 19.5. The molecule has 4 rings (SSSR count). The molecule has 0 aromatic heterocycles. The largest absolute Gasteiger partial charge is 0.393 e. The average molecular weight is 348 g/mol. The molecule has 0 radical (unpaired) electrons. The third-order valence-corrected chi connectivity index (χ3v) is 8.87. The van der Waals surface area contributed by atoms with Crippen LogP contribution < -0.4 is 0 Å². The standard InChI is InChI=1S/C21H32O4/c1-20-8-7-13(23)9-12(20)3-4-14-15-5-6-16(18(25)11-22)21(15,2)10-17(24)19(14)20/h12-16,19,22-23H,3-11H2,1-2H3/t12?,13-,14?,15?,16?,19?,20?,21?/m1/s1. The number of fused-ring (bicyclic) bond motifs is 5. The van der Waals surface area contributed by atoms with E-state index >= 15 is 0 Å². The molecule has 0 aromatic carbocycles. The third kappa shape index (κ3) is 2.39. The van der Waals surface area contributed by atoms with Crippen molar-refractivity contribution in [2.45, 2.75) is 71.3 Å². The van der Waals surface area contributed by atoms with Gasteiger partial charge in [0.15, 0.2) is 5.78 Å². The predicted molar refractivity (Wildman–Crippen MR) is 93.7 cm³/mol. The van der Waals surface area contributed by atoms with Gasteiger partial charge in [-0.15, -0.1) is 0 Å². The van der Waals surface area contributed by atoms with Gasteiger partial charge >= 0.3 is 0 Å². The number of rotatable bonds is 2. The molecule has 25 heavy (non-hydrogen) atoms. The van der Waals surface area contributed by atoms with E-state index in [1.807, 2.05) is 0 Å². The summed E-state index contributed by atoms with van der Waals surface area (Å²) >= 11 is 0. The van der Waals surface area contributed by atoms with Crippen molar-refractivity contribution >= 4 is 11.6 Å². The molecule has 4 fully saturated rings. The second-order valence-electron chi connectivity index (χ2n) is 9.86. The van der Waals surface area contributed by atoms with Crippen LogP contribution in [0.15, 0.2) is 0 Å². The summed E-state index contributed by atoms with van der Waals surface area (Å²) in [6, 6.07) is 0. The maximum Gasteiger partial charge on any atom is 0.161 e. The Morgan fingerprint density at radius 2 is 1.88 bits per heavy atom. The minimum absolute atomic E-state index is 0.0274. The van der Waals surface area contributed by atoms with Crippen molar-refractivity contribution < 1.29 is 19.8 Å². The molecule has 4 saturated carbocycles. The van der Waals surface area contributed by atoms with Gasteiger partial charge in [-0.05, 0) is 73.5 Å². The molecular formula is C21H32O4. The Morgan fingerprint density at radius 3 is 2.60 bits per heavy atom. The molecular weight excluding hydrogens is 316 g/mol. The monoisotopic (exact) mass is 348 g/mol. The quantitative estimate of drug-likeness (QED) is 0.805. The fourth-order valence-electron chi connectivity index (χ4n) is 7.69. The second-order valence-corrected chi connectivity index (χ2v) is 9.86. The van der Waals surface area contributed by atoms with Gasteiger partial charge in [-0.3, -0.25) is 9.59 Å². The summed E-state index contributed by atoms with van der Waals surface area (Å²) in [6.07, 6.45) is 6.93. The van der Waals surface area contributed by atoms with E-state index in [1.54, 1.807) is 0 Å². The first-order valence-corrected chi connectivity index (χ1v) is 10.2. The molecule has 0 amide bonds. The van der Waals surface area contributed by atoms with Crippen molar-refractivity contribution in [3.05, 3.63) is 0 Å². The number of hydrogen-bond donors (Lipinski definition) is 2. The van der Waals surface area contributed by atoms with E-state index < -0.39 is 6.61 Å². The maximum absolute atomic E-state index is 13.3. The van der Waals surface area contributed by atoms with Crippen LogP contribution in [0.1, 0.15) is 65.2 Å². The lowest BCUT2D eigenvalue weighted by molar-refractivity contribution is -0.162. The average Bonchev–Trinajstić information content (AvgIpc) is 2.91. The van der Waals surface area contributed by atoms with E-state index in [0.29, 0.717) is 30.0 Å². The topological polar surface area (TPSA) is 74.6 Å². The molecule has 140 valence electrons. The van der Waals surface area contributed by atoms with Crippen molar-refractivity contribution in [2.75, 3.05) is 6.61 Å². The summed E-state index contributed by atoms with van der Waals surface area (Å²) in [5.74, 6) is 1.52. The molecule has 4 aliphatic rings. The third-order valence-electron chi connectivity index (χ3n) is 8.87. The minimum Gasteiger partial charge on any atom is -0.393 e. The van der Waals surface area contributed by atoms with Crippen LogP contribution in [0, 0.1) is 40.4 Å². The van der Waals surface area contributed by atoms with E-state index in [2.05, 4.69) is 13.8 Å². The Kier molecular flexibility index (Phi) is 4.16. The normalized spacial score (nSPS) is 52.2. The zero-order valence-corrected chi connectivity index (χ0v) is 15.5. The first-order valence-electron chi connectivity index (χ1n) is 10.2.